The fourth-order valence-corrected chi connectivity index (χ4v) is 5.21. The second kappa shape index (κ2) is 8.78. The smallest absolute Gasteiger partial charge is 0.188 e. The monoisotopic (exact) mass is 459 g/mol. The number of ether oxygens (including phenoxy) is 3. The molecule has 0 bridgehead atoms. The summed E-state index contributed by atoms with van der Waals surface area (Å²) in [5, 5.41) is 23.8. The minimum atomic E-state index is -0.374. The third-order valence-electron chi connectivity index (χ3n) is 6.84. The van der Waals surface area contributed by atoms with Crippen molar-refractivity contribution in [1.82, 2.24) is 10.2 Å². The molecule has 2 aromatic rings. The first kappa shape index (κ1) is 21.9. The Morgan fingerprint density at radius 3 is 2.81 bits per heavy atom. The van der Waals surface area contributed by atoms with E-state index in [1.807, 2.05) is 12.1 Å². The third-order valence-corrected chi connectivity index (χ3v) is 7.07. The van der Waals surface area contributed by atoms with Crippen LogP contribution in [0.3, 0.4) is 0 Å². The first-order valence-electron chi connectivity index (χ1n) is 11.4. The number of aromatic nitrogens is 2. The van der Waals surface area contributed by atoms with E-state index in [0.717, 1.165) is 67.3 Å². The minimum absolute atomic E-state index is 0.0202. The summed E-state index contributed by atoms with van der Waals surface area (Å²) in [6.07, 6.45) is 6.29. The molecular weight excluding hydrogens is 430 g/mol. The maximum Gasteiger partial charge on any atom is 0.188 e. The summed E-state index contributed by atoms with van der Waals surface area (Å²) in [6.45, 7) is 2.20. The number of fused-ring (bicyclic) bond motifs is 1. The molecule has 2 fully saturated rings. The Kier molecular flexibility index (Phi) is 6.01. The van der Waals surface area contributed by atoms with Crippen LogP contribution in [0.2, 0.25) is 5.02 Å². The third kappa shape index (κ3) is 4.19. The predicted molar refractivity (Wildman–Crippen MR) is 122 cm³/mol. The normalized spacial score (nSPS) is 25.9. The Hall–Kier alpha value is -1.93. The number of nitrogens with one attached hydrogen (secondary N) is 1. The lowest BCUT2D eigenvalue weighted by atomic mass is 9.89. The number of aliphatic hydroxyl groups excluding tert-OH is 1. The molecule has 7 nitrogen and oxygen atoms in total. The number of halogens is 1. The molecule has 0 radical (unpaired) electrons. The number of benzene rings is 1. The van der Waals surface area contributed by atoms with E-state index < -0.39 is 0 Å². The van der Waals surface area contributed by atoms with E-state index >= 15 is 0 Å². The molecule has 1 spiro atoms. The fourth-order valence-electron chi connectivity index (χ4n) is 5.05. The van der Waals surface area contributed by atoms with Gasteiger partial charge in [-0.2, -0.15) is 0 Å². The lowest BCUT2D eigenvalue weighted by Crippen LogP contribution is -2.38. The molecule has 1 aromatic carbocycles. The van der Waals surface area contributed by atoms with Gasteiger partial charge in [-0.1, -0.05) is 24.4 Å². The van der Waals surface area contributed by atoms with Crippen molar-refractivity contribution in [3.8, 4) is 17.0 Å². The van der Waals surface area contributed by atoms with Crippen molar-refractivity contribution >= 4 is 17.4 Å². The van der Waals surface area contributed by atoms with Gasteiger partial charge >= 0.3 is 0 Å². The van der Waals surface area contributed by atoms with Crippen molar-refractivity contribution in [2.75, 3.05) is 19.2 Å². The maximum absolute atomic E-state index is 10.5. The van der Waals surface area contributed by atoms with Gasteiger partial charge in [0.05, 0.1) is 23.9 Å². The van der Waals surface area contributed by atoms with Crippen LogP contribution in [0.15, 0.2) is 18.2 Å². The number of hydrogen-bond acceptors (Lipinski definition) is 7. The fraction of sp³-hybridized carbons (Fsp3) is 0.583. The molecule has 1 unspecified atom stereocenters. The number of methoxy groups -OCH3 is 1. The maximum atomic E-state index is 10.5. The molecule has 5 rings (SSSR count). The SMILES string of the molecule is COCOc1cc(Cl)ccc1-c1nnc(N[C@@H]2CCCC[C@H]2O)c2c1CC1(CC1)OC2C. The highest BCUT2D eigenvalue weighted by molar-refractivity contribution is 6.30. The molecule has 2 aliphatic carbocycles. The van der Waals surface area contributed by atoms with Gasteiger partial charge in [0.1, 0.15) is 11.4 Å². The summed E-state index contributed by atoms with van der Waals surface area (Å²) in [4.78, 5) is 0. The quantitative estimate of drug-likeness (QED) is 0.607. The van der Waals surface area contributed by atoms with Gasteiger partial charge in [-0.05, 0) is 56.4 Å². The van der Waals surface area contributed by atoms with E-state index in [1.165, 1.54) is 0 Å². The van der Waals surface area contributed by atoms with E-state index in [9.17, 15) is 5.11 Å². The molecular formula is C24H30ClN3O4. The van der Waals surface area contributed by atoms with Gasteiger partial charge in [0.15, 0.2) is 12.6 Å². The highest BCUT2D eigenvalue weighted by atomic mass is 35.5. The molecule has 3 atom stereocenters. The Bertz CT molecular complexity index is 997. The standard InChI is InChI=1S/C24H30ClN3O4/c1-14-21-17(12-24(32-14)9-10-24)22(16-8-7-15(25)11-20(16)31-13-30-2)27-28-23(21)26-18-5-3-4-6-19(18)29/h7-8,11,14,18-19,29H,3-6,9-10,12-13H2,1-2H3,(H,26,28)/t14?,18-,19-/m1/s1. The zero-order chi connectivity index (χ0) is 22.3. The number of nitrogens with zero attached hydrogens (tertiary/aromatic N) is 2. The predicted octanol–water partition coefficient (Wildman–Crippen LogP) is 4.66. The molecule has 8 heteroatoms. The summed E-state index contributed by atoms with van der Waals surface area (Å²) in [5.74, 6) is 1.33. The lowest BCUT2D eigenvalue weighted by Gasteiger charge is -2.35. The average Bonchev–Trinajstić information content (AvgIpc) is 3.52. The first-order valence-corrected chi connectivity index (χ1v) is 11.8. The summed E-state index contributed by atoms with van der Waals surface area (Å²) < 4.78 is 17.4. The first-order chi connectivity index (χ1) is 15.5. The van der Waals surface area contributed by atoms with Crippen LogP contribution in [0.25, 0.3) is 11.3 Å². The molecule has 0 amide bonds. The average molecular weight is 460 g/mol. The molecule has 2 saturated carbocycles. The summed E-state index contributed by atoms with van der Waals surface area (Å²) in [5.41, 5.74) is 3.68. The van der Waals surface area contributed by atoms with Gasteiger partial charge in [0.2, 0.25) is 0 Å². The van der Waals surface area contributed by atoms with Crippen molar-refractivity contribution in [2.45, 2.75) is 75.7 Å². The van der Waals surface area contributed by atoms with Crippen molar-refractivity contribution in [2.24, 2.45) is 0 Å². The number of rotatable bonds is 6. The molecule has 172 valence electrons. The van der Waals surface area contributed by atoms with Crippen LogP contribution in [0.1, 0.15) is 62.7 Å². The second-order valence-electron chi connectivity index (χ2n) is 9.20. The Morgan fingerprint density at radius 2 is 2.06 bits per heavy atom. The van der Waals surface area contributed by atoms with Gasteiger partial charge in [-0.3, -0.25) is 0 Å². The van der Waals surface area contributed by atoms with Crippen LogP contribution in [0, 0.1) is 0 Å². The van der Waals surface area contributed by atoms with E-state index in [1.54, 1.807) is 13.2 Å². The summed E-state index contributed by atoms with van der Waals surface area (Å²) in [6, 6.07) is 5.53. The molecule has 2 heterocycles. The second-order valence-corrected chi connectivity index (χ2v) is 9.64. The van der Waals surface area contributed by atoms with E-state index in [4.69, 9.17) is 25.8 Å². The van der Waals surface area contributed by atoms with Crippen molar-refractivity contribution in [3.05, 3.63) is 34.3 Å². The highest BCUT2D eigenvalue weighted by Gasteiger charge is 2.50. The molecule has 2 N–H and O–H groups in total. The largest absolute Gasteiger partial charge is 0.467 e. The highest BCUT2D eigenvalue weighted by Crippen LogP contribution is 2.53. The Balaban J connectivity index is 1.59. The van der Waals surface area contributed by atoms with Crippen molar-refractivity contribution in [3.63, 3.8) is 0 Å². The molecule has 1 aromatic heterocycles. The van der Waals surface area contributed by atoms with Crippen molar-refractivity contribution < 1.29 is 19.3 Å². The Morgan fingerprint density at radius 1 is 1.25 bits per heavy atom. The van der Waals surface area contributed by atoms with Crippen LogP contribution in [0.4, 0.5) is 5.82 Å². The number of hydrogen-bond donors (Lipinski definition) is 2. The van der Waals surface area contributed by atoms with Crippen LogP contribution < -0.4 is 10.1 Å². The summed E-state index contributed by atoms with van der Waals surface area (Å²) >= 11 is 6.24. The zero-order valence-corrected chi connectivity index (χ0v) is 19.3. The van der Waals surface area contributed by atoms with E-state index in [-0.39, 0.29) is 30.6 Å². The van der Waals surface area contributed by atoms with Gasteiger partial charge < -0.3 is 24.6 Å². The van der Waals surface area contributed by atoms with Crippen LogP contribution in [-0.4, -0.2) is 47.0 Å². The van der Waals surface area contributed by atoms with Gasteiger partial charge in [-0.25, -0.2) is 0 Å². The molecule has 3 aliphatic rings. The van der Waals surface area contributed by atoms with Gasteiger partial charge in [-0.15, -0.1) is 10.2 Å². The minimum Gasteiger partial charge on any atom is -0.467 e. The van der Waals surface area contributed by atoms with Crippen LogP contribution >= 0.6 is 11.6 Å². The molecule has 1 aliphatic heterocycles. The topological polar surface area (TPSA) is 85.7 Å². The Labute approximate surface area is 193 Å². The van der Waals surface area contributed by atoms with Crippen LogP contribution in [0.5, 0.6) is 5.75 Å². The van der Waals surface area contributed by atoms with Crippen molar-refractivity contribution in [1.29, 1.82) is 0 Å². The number of aliphatic hydroxyl groups is 1. The van der Waals surface area contributed by atoms with Gasteiger partial charge in [0.25, 0.3) is 0 Å². The zero-order valence-electron chi connectivity index (χ0n) is 18.6. The molecule has 0 saturated heterocycles. The van der Waals surface area contributed by atoms with Gasteiger partial charge in [0, 0.05) is 29.7 Å². The van der Waals surface area contributed by atoms with E-state index in [2.05, 4.69) is 22.4 Å². The lowest BCUT2D eigenvalue weighted by molar-refractivity contribution is -0.0339. The van der Waals surface area contributed by atoms with Crippen LogP contribution in [-0.2, 0) is 15.9 Å². The summed E-state index contributed by atoms with van der Waals surface area (Å²) in [7, 11) is 1.59. The van der Waals surface area contributed by atoms with E-state index in [0.29, 0.717) is 16.6 Å². The molecule has 32 heavy (non-hydrogen) atoms. The number of anilines is 1.